The SMILES string of the molecule is Cc1cc(C)c(-c2ccc3c(-c4ccc5ccccc5c4)c4ccccc4c(-c4ccc5ccccc5c4)c3c2)c(C)c1. The molecule has 8 aromatic rings. The molecule has 0 bridgehead atoms. The van der Waals surface area contributed by atoms with Crippen LogP contribution in [0.15, 0.2) is 140 Å². The van der Waals surface area contributed by atoms with Crippen molar-refractivity contribution in [3.63, 3.8) is 0 Å². The van der Waals surface area contributed by atoms with Crippen LogP contribution in [-0.4, -0.2) is 0 Å². The molecule has 0 heteroatoms. The van der Waals surface area contributed by atoms with Crippen molar-refractivity contribution in [2.24, 2.45) is 0 Å². The lowest BCUT2D eigenvalue weighted by atomic mass is 9.83. The van der Waals surface area contributed by atoms with Gasteiger partial charge in [-0.05, 0) is 127 Å². The van der Waals surface area contributed by atoms with Crippen molar-refractivity contribution in [3.8, 4) is 33.4 Å². The molecule has 0 aliphatic rings. The third-order valence-corrected chi connectivity index (χ3v) is 9.07. The van der Waals surface area contributed by atoms with Crippen molar-refractivity contribution in [1.29, 1.82) is 0 Å². The second-order valence-electron chi connectivity index (χ2n) is 12.0. The molecule has 0 aliphatic carbocycles. The number of hydrogen-bond donors (Lipinski definition) is 0. The normalized spacial score (nSPS) is 11.6. The van der Waals surface area contributed by atoms with E-state index in [1.54, 1.807) is 0 Å². The van der Waals surface area contributed by atoms with Crippen LogP contribution in [0, 0.1) is 20.8 Å². The summed E-state index contributed by atoms with van der Waals surface area (Å²) in [6, 6.07) is 51.9. The van der Waals surface area contributed by atoms with Crippen molar-refractivity contribution in [2.45, 2.75) is 20.8 Å². The second kappa shape index (κ2) is 9.96. The van der Waals surface area contributed by atoms with Gasteiger partial charge in [-0.25, -0.2) is 0 Å². The quantitative estimate of drug-likeness (QED) is 0.193. The predicted octanol–water partition coefficient (Wildman–Crippen LogP) is 12.2. The Kier molecular flexibility index (Phi) is 5.91. The highest BCUT2D eigenvalue weighted by Crippen LogP contribution is 2.46. The van der Waals surface area contributed by atoms with Crippen LogP contribution in [0.1, 0.15) is 16.7 Å². The molecule has 8 aromatic carbocycles. The largest absolute Gasteiger partial charge is 0.0616 e. The van der Waals surface area contributed by atoms with Crippen LogP contribution in [0.5, 0.6) is 0 Å². The zero-order chi connectivity index (χ0) is 29.1. The van der Waals surface area contributed by atoms with Crippen LogP contribution in [0.2, 0.25) is 0 Å². The Morgan fingerprint density at radius 1 is 0.302 bits per heavy atom. The number of aryl methyl sites for hydroxylation is 3. The minimum Gasteiger partial charge on any atom is -0.0616 e. The van der Waals surface area contributed by atoms with E-state index in [2.05, 4.69) is 160 Å². The first-order chi connectivity index (χ1) is 21.0. The summed E-state index contributed by atoms with van der Waals surface area (Å²) in [5.74, 6) is 0. The van der Waals surface area contributed by atoms with Crippen LogP contribution in [0.25, 0.3) is 76.5 Å². The van der Waals surface area contributed by atoms with Gasteiger partial charge in [-0.15, -0.1) is 0 Å². The zero-order valence-electron chi connectivity index (χ0n) is 24.8. The maximum absolute atomic E-state index is 2.45. The summed E-state index contributed by atoms with van der Waals surface area (Å²) in [6.45, 7) is 6.67. The van der Waals surface area contributed by atoms with Gasteiger partial charge >= 0.3 is 0 Å². The van der Waals surface area contributed by atoms with Crippen molar-refractivity contribution in [1.82, 2.24) is 0 Å². The molecule has 0 amide bonds. The van der Waals surface area contributed by atoms with Gasteiger partial charge in [-0.3, -0.25) is 0 Å². The summed E-state index contributed by atoms with van der Waals surface area (Å²) in [5.41, 5.74) is 11.6. The lowest BCUT2D eigenvalue weighted by Gasteiger charge is -2.20. The van der Waals surface area contributed by atoms with Crippen LogP contribution < -0.4 is 0 Å². The molecule has 8 rings (SSSR count). The smallest absolute Gasteiger partial charge is 0.00259 e. The molecule has 0 spiro atoms. The van der Waals surface area contributed by atoms with Gasteiger partial charge in [0.1, 0.15) is 0 Å². The van der Waals surface area contributed by atoms with Gasteiger partial charge in [0, 0.05) is 0 Å². The van der Waals surface area contributed by atoms with E-state index in [-0.39, 0.29) is 0 Å². The molecule has 0 saturated heterocycles. The summed E-state index contributed by atoms with van der Waals surface area (Å²) in [7, 11) is 0. The van der Waals surface area contributed by atoms with E-state index < -0.39 is 0 Å². The molecule has 0 N–H and O–H groups in total. The molecule has 0 saturated carbocycles. The Balaban J connectivity index is 1.52. The summed E-state index contributed by atoms with van der Waals surface area (Å²) in [4.78, 5) is 0. The van der Waals surface area contributed by atoms with Crippen molar-refractivity contribution in [2.75, 3.05) is 0 Å². The molecule has 0 radical (unpaired) electrons. The Hall–Kier alpha value is -5.20. The van der Waals surface area contributed by atoms with Crippen molar-refractivity contribution < 1.29 is 0 Å². The Morgan fingerprint density at radius 3 is 1.28 bits per heavy atom. The van der Waals surface area contributed by atoms with E-state index in [0.29, 0.717) is 0 Å². The fourth-order valence-corrected chi connectivity index (χ4v) is 7.28. The molecule has 0 atom stereocenters. The van der Waals surface area contributed by atoms with Crippen LogP contribution in [0.3, 0.4) is 0 Å². The fraction of sp³-hybridized carbons (Fsp3) is 0.0698. The fourth-order valence-electron chi connectivity index (χ4n) is 7.28. The van der Waals surface area contributed by atoms with E-state index in [1.807, 2.05) is 0 Å². The molecule has 0 aliphatic heterocycles. The summed E-state index contributed by atoms with van der Waals surface area (Å²) < 4.78 is 0. The first-order valence-electron chi connectivity index (χ1n) is 15.1. The molecule has 0 aromatic heterocycles. The summed E-state index contributed by atoms with van der Waals surface area (Å²) in [5, 5.41) is 10.2. The van der Waals surface area contributed by atoms with Gasteiger partial charge in [-0.1, -0.05) is 127 Å². The number of rotatable bonds is 3. The van der Waals surface area contributed by atoms with Gasteiger partial charge in [0.05, 0.1) is 0 Å². The van der Waals surface area contributed by atoms with Crippen molar-refractivity contribution in [3.05, 3.63) is 156 Å². The highest BCUT2D eigenvalue weighted by molar-refractivity contribution is 6.22. The maximum atomic E-state index is 2.45. The highest BCUT2D eigenvalue weighted by Gasteiger charge is 2.19. The lowest BCUT2D eigenvalue weighted by molar-refractivity contribution is 1.32. The summed E-state index contributed by atoms with van der Waals surface area (Å²) >= 11 is 0. The number of hydrogen-bond acceptors (Lipinski definition) is 0. The minimum atomic E-state index is 1.25. The van der Waals surface area contributed by atoms with Crippen LogP contribution in [-0.2, 0) is 0 Å². The molecule has 43 heavy (non-hydrogen) atoms. The Morgan fingerprint density at radius 2 is 0.721 bits per heavy atom. The molecule has 0 heterocycles. The minimum absolute atomic E-state index is 1.25. The third kappa shape index (κ3) is 4.22. The van der Waals surface area contributed by atoms with Crippen LogP contribution >= 0.6 is 0 Å². The molecular weight excluding hydrogens is 516 g/mol. The number of fused-ring (bicyclic) bond motifs is 4. The van der Waals surface area contributed by atoms with Crippen molar-refractivity contribution >= 4 is 43.1 Å². The second-order valence-corrected chi connectivity index (χ2v) is 12.0. The average Bonchev–Trinajstić information content (AvgIpc) is 3.02. The third-order valence-electron chi connectivity index (χ3n) is 9.07. The topological polar surface area (TPSA) is 0 Å². The van der Waals surface area contributed by atoms with Gasteiger partial charge in [-0.2, -0.15) is 0 Å². The standard InChI is InChI=1S/C43H32/c1-27-22-28(2)41(29(3)23-27)36-20-21-39-40(26-36)43(35-19-17-31-11-5-7-13-33(31)25-35)38-15-9-8-14-37(38)42(39)34-18-16-30-10-4-6-12-32(30)24-34/h4-26H,1-3H3. The first kappa shape index (κ1) is 25.5. The van der Waals surface area contributed by atoms with Gasteiger partial charge in [0.2, 0.25) is 0 Å². The van der Waals surface area contributed by atoms with E-state index in [9.17, 15) is 0 Å². The van der Waals surface area contributed by atoms with Gasteiger partial charge in [0.25, 0.3) is 0 Å². The molecule has 0 nitrogen and oxygen atoms in total. The van der Waals surface area contributed by atoms with E-state index in [1.165, 1.54) is 93.2 Å². The molecular formula is C43H32. The maximum Gasteiger partial charge on any atom is -0.00259 e. The average molecular weight is 549 g/mol. The molecule has 0 unspecified atom stereocenters. The predicted molar refractivity (Wildman–Crippen MR) is 187 cm³/mol. The first-order valence-corrected chi connectivity index (χ1v) is 15.1. The van der Waals surface area contributed by atoms with Gasteiger partial charge < -0.3 is 0 Å². The number of benzene rings is 8. The zero-order valence-corrected chi connectivity index (χ0v) is 24.8. The van der Waals surface area contributed by atoms with Gasteiger partial charge in [0.15, 0.2) is 0 Å². The van der Waals surface area contributed by atoms with Crippen LogP contribution in [0.4, 0.5) is 0 Å². The van der Waals surface area contributed by atoms with E-state index in [4.69, 9.17) is 0 Å². The lowest BCUT2D eigenvalue weighted by Crippen LogP contribution is -1.94. The monoisotopic (exact) mass is 548 g/mol. The molecule has 0 fully saturated rings. The van der Waals surface area contributed by atoms with E-state index in [0.717, 1.165) is 0 Å². The Labute approximate surface area is 252 Å². The Bertz CT molecular complexity index is 2350. The summed E-state index contributed by atoms with van der Waals surface area (Å²) in [6.07, 6.45) is 0. The molecule has 204 valence electrons. The highest BCUT2D eigenvalue weighted by atomic mass is 14.2. The van der Waals surface area contributed by atoms with E-state index >= 15 is 0 Å².